The van der Waals surface area contributed by atoms with Gasteiger partial charge in [0.25, 0.3) is 0 Å². The van der Waals surface area contributed by atoms with Crippen LogP contribution in [-0.4, -0.2) is 6.04 Å². The van der Waals surface area contributed by atoms with Gasteiger partial charge in [-0.25, -0.2) is 0 Å². The molecule has 1 aliphatic rings. The van der Waals surface area contributed by atoms with E-state index in [4.69, 9.17) is 5.32 Å². The number of rotatable bonds is 1. The van der Waals surface area contributed by atoms with Crippen LogP contribution in [0.2, 0.25) is 0 Å². The Labute approximate surface area is 130 Å². The van der Waals surface area contributed by atoms with E-state index in [0.717, 1.165) is 5.56 Å². The molecule has 1 heterocycles. The standard InChI is InChI=1S/C15H20FN.CH3.Ir/c1-9-10(2)12(4)17-15(11(9)3)13-5-7-14(16)8-6-13;;/h5,7-12,15H,1-4H3;1H3;/q-2;-1;+3. The molecule has 1 fully saturated rings. The second kappa shape index (κ2) is 7.52. The van der Waals surface area contributed by atoms with Crippen molar-refractivity contribution in [1.29, 1.82) is 0 Å². The van der Waals surface area contributed by atoms with Crippen molar-refractivity contribution in [2.24, 2.45) is 17.8 Å². The average Bonchev–Trinajstić information content (AvgIpc) is 2.32. The molecule has 0 aliphatic carbocycles. The van der Waals surface area contributed by atoms with Crippen LogP contribution < -0.4 is 0 Å². The minimum Gasteiger partial charge on any atom is -0.654 e. The van der Waals surface area contributed by atoms with Gasteiger partial charge in [-0.2, -0.15) is 17.7 Å². The first-order chi connectivity index (χ1) is 8.00. The van der Waals surface area contributed by atoms with E-state index in [0.29, 0.717) is 23.8 Å². The molecule has 2 rings (SSSR count). The third-order valence-corrected chi connectivity index (χ3v) is 4.43. The van der Waals surface area contributed by atoms with Gasteiger partial charge < -0.3 is 12.7 Å². The summed E-state index contributed by atoms with van der Waals surface area (Å²) in [5, 5.41) is 4.84. The number of halogens is 1. The topological polar surface area (TPSA) is 14.1 Å². The van der Waals surface area contributed by atoms with Gasteiger partial charge >= 0.3 is 20.1 Å². The molecule has 0 aromatic heterocycles. The molecule has 5 unspecified atom stereocenters. The van der Waals surface area contributed by atoms with E-state index in [1.165, 1.54) is 12.1 Å². The summed E-state index contributed by atoms with van der Waals surface area (Å²) in [4.78, 5) is 0. The van der Waals surface area contributed by atoms with E-state index in [2.05, 4.69) is 33.8 Å². The zero-order valence-electron chi connectivity index (χ0n) is 12.3. The third kappa shape index (κ3) is 3.87. The van der Waals surface area contributed by atoms with E-state index in [-0.39, 0.29) is 39.4 Å². The smallest absolute Gasteiger partial charge is 0.654 e. The molecule has 0 radical (unpaired) electrons. The SMILES string of the molecule is CC1[N-]C(c2[c-]cc(F)cc2)C(C)C(C)C1C.[CH3-].[Ir+3]. The van der Waals surface area contributed by atoms with Gasteiger partial charge in [0.2, 0.25) is 0 Å². The first-order valence-corrected chi connectivity index (χ1v) is 6.37. The zero-order valence-corrected chi connectivity index (χ0v) is 14.7. The van der Waals surface area contributed by atoms with Crippen LogP contribution in [0.15, 0.2) is 18.2 Å². The number of hydrogen-bond donors (Lipinski definition) is 0. The van der Waals surface area contributed by atoms with E-state index in [9.17, 15) is 4.39 Å². The fourth-order valence-electron chi connectivity index (χ4n) is 2.70. The van der Waals surface area contributed by atoms with Crippen LogP contribution in [0, 0.1) is 37.1 Å². The maximum atomic E-state index is 12.9. The Hall–Kier alpha value is -0.241. The van der Waals surface area contributed by atoms with E-state index in [1.54, 1.807) is 0 Å². The minimum atomic E-state index is -0.230. The molecule has 5 atom stereocenters. The van der Waals surface area contributed by atoms with Gasteiger partial charge in [0.05, 0.1) is 0 Å². The summed E-state index contributed by atoms with van der Waals surface area (Å²) >= 11 is 0. The fourth-order valence-corrected chi connectivity index (χ4v) is 2.70. The molecule has 1 nitrogen and oxygen atoms in total. The van der Waals surface area contributed by atoms with Crippen molar-refractivity contribution in [3.8, 4) is 0 Å². The van der Waals surface area contributed by atoms with Crippen LogP contribution in [0.5, 0.6) is 0 Å². The Morgan fingerprint density at radius 1 is 1.05 bits per heavy atom. The molecule has 0 spiro atoms. The average molecular weight is 441 g/mol. The van der Waals surface area contributed by atoms with Gasteiger partial charge in [-0.05, 0) is 5.92 Å². The summed E-state index contributed by atoms with van der Waals surface area (Å²) in [6.07, 6.45) is 0. The second-order valence-electron chi connectivity index (χ2n) is 5.37. The molecule has 1 saturated heterocycles. The Balaban J connectivity index is 0.00000162. The quantitative estimate of drug-likeness (QED) is 0.557. The van der Waals surface area contributed by atoms with Gasteiger partial charge in [-0.15, -0.1) is 24.2 Å². The summed E-state index contributed by atoms with van der Waals surface area (Å²) in [7, 11) is 0. The largest absolute Gasteiger partial charge is 3.00 e. The van der Waals surface area contributed by atoms with Gasteiger partial charge in [-0.3, -0.25) is 4.39 Å². The van der Waals surface area contributed by atoms with Gasteiger partial charge in [0.15, 0.2) is 0 Å². The summed E-state index contributed by atoms with van der Waals surface area (Å²) in [6, 6.07) is 8.28. The monoisotopic (exact) mass is 441 g/mol. The predicted octanol–water partition coefficient (Wildman–Crippen LogP) is 4.80. The molecular formula is C16H23FIrN. The molecule has 0 bridgehead atoms. The van der Waals surface area contributed by atoms with E-state index < -0.39 is 0 Å². The number of hydrogen-bond acceptors (Lipinski definition) is 0. The minimum absolute atomic E-state index is 0. The van der Waals surface area contributed by atoms with Gasteiger partial charge in [-0.1, -0.05) is 39.5 Å². The van der Waals surface area contributed by atoms with Crippen molar-refractivity contribution in [3.05, 3.63) is 48.4 Å². The third-order valence-electron chi connectivity index (χ3n) is 4.43. The molecule has 19 heavy (non-hydrogen) atoms. The number of piperidine rings is 1. The van der Waals surface area contributed by atoms with Crippen LogP contribution in [-0.2, 0) is 20.1 Å². The maximum absolute atomic E-state index is 12.9. The van der Waals surface area contributed by atoms with Crippen molar-refractivity contribution in [2.45, 2.75) is 39.8 Å². The molecule has 0 saturated carbocycles. The predicted molar refractivity (Wildman–Crippen MR) is 74.7 cm³/mol. The fraction of sp³-hybridized carbons (Fsp3) is 0.562. The van der Waals surface area contributed by atoms with Crippen molar-refractivity contribution in [1.82, 2.24) is 0 Å². The van der Waals surface area contributed by atoms with Gasteiger partial charge in [0, 0.05) is 5.82 Å². The molecule has 0 N–H and O–H groups in total. The zero-order chi connectivity index (χ0) is 12.6. The summed E-state index contributed by atoms with van der Waals surface area (Å²) in [5.74, 6) is 1.50. The molecule has 1 aliphatic heterocycles. The molecule has 1 aromatic rings. The Morgan fingerprint density at radius 2 is 1.68 bits per heavy atom. The summed E-state index contributed by atoms with van der Waals surface area (Å²) < 4.78 is 12.9. The van der Waals surface area contributed by atoms with Crippen molar-refractivity contribution in [3.63, 3.8) is 0 Å². The summed E-state index contributed by atoms with van der Waals surface area (Å²) in [5.41, 5.74) is 1.02. The molecular weight excluding hydrogens is 417 g/mol. The van der Waals surface area contributed by atoms with Gasteiger partial charge in [0.1, 0.15) is 0 Å². The maximum Gasteiger partial charge on any atom is 3.00 e. The van der Waals surface area contributed by atoms with Crippen LogP contribution in [0.1, 0.15) is 39.3 Å². The van der Waals surface area contributed by atoms with Crippen molar-refractivity contribution >= 4 is 0 Å². The molecule has 1 aromatic carbocycles. The Kier molecular flexibility index (Phi) is 7.42. The number of benzene rings is 1. The normalized spacial score (nSPS) is 34.1. The Morgan fingerprint density at radius 3 is 2.21 bits per heavy atom. The first-order valence-electron chi connectivity index (χ1n) is 6.37. The second-order valence-corrected chi connectivity index (χ2v) is 5.37. The van der Waals surface area contributed by atoms with Crippen molar-refractivity contribution in [2.75, 3.05) is 0 Å². The van der Waals surface area contributed by atoms with E-state index in [1.807, 2.05) is 6.07 Å². The van der Waals surface area contributed by atoms with Crippen LogP contribution in [0.3, 0.4) is 0 Å². The van der Waals surface area contributed by atoms with E-state index >= 15 is 0 Å². The molecule has 0 amide bonds. The summed E-state index contributed by atoms with van der Waals surface area (Å²) in [6.45, 7) is 8.96. The van der Waals surface area contributed by atoms with Crippen LogP contribution in [0.4, 0.5) is 4.39 Å². The molecule has 108 valence electrons. The van der Waals surface area contributed by atoms with Crippen LogP contribution in [0.25, 0.3) is 5.32 Å². The van der Waals surface area contributed by atoms with Crippen LogP contribution >= 0.6 is 0 Å². The first kappa shape index (κ1) is 18.8. The Bertz CT molecular complexity index is 379. The van der Waals surface area contributed by atoms with Crippen molar-refractivity contribution < 1.29 is 24.5 Å². The number of nitrogens with zero attached hydrogens (tertiary/aromatic N) is 1. The molecule has 3 heteroatoms.